The molecule has 1 aromatic rings. The topological polar surface area (TPSA) is 20.2 Å². The molecule has 1 N–H and O–H groups in total. The van der Waals surface area contributed by atoms with Gasteiger partial charge >= 0.3 is 0 Å². The van der Waals surface area contributed by atoms with E-state index in [1.807, 2.05) is 0 Å². The zero-order valence-electron chi connectivity index (χ0n) is 8.70. The summed E-state index contributed by atoms with van der Waals surface area (Å²) in [6, 6.07) is 2.13. The van der Waals surface area contributed by atoms with Gasteiger partial charge < -0.3 is 5.11 Å². The fourth-order valence-corrected chi connectivity index (χ4v) is 3.23. The fourth-order valence-electron chi connectivity index (χ4n) is 2.57. The number of hydrogen-bond acceptors (Lipinski definition) is 2. The normalized spacial score (nSPS) is 33.1. The lowest BCUT2D eigenvalue weighted by atomic mass is 9.76. The van der Waals surface area contributed by atoms with Crippen LogP contribution < -0.4 is 0 Å². The predicted molar refractivity (Wildman–Crippen MR) is 60.6 cm³/mol. The van der Waals surface area contributed by atoms with Crippen molar-refractivity contribution < 1.29 is 5.11 Å². The molecule has 0 spiro atoms. The first-order valence-corrected chi connectivity index (χ1v) is 6.36. The first-order chi connectivity index (χ1) is 6.68. The second-order valence-corrected chi connectivity index (χ2v) is 5.51. The molecule has 0 amide bonds. The second-order valence-electron chi connectivity index (χ2n) is 4.73. The van der Waals surface area contributed by atoms with Crippen molar-refractivity contribution in [1.82, 2.24) is 0 Å². The van der Waals surface area contributed by atoms with Gasteiger partial charge in [0.05, 0.1) is 5.60 Å². The van der Waals surface area contributed by atoms with E-state index in [9.17, 15) is 5.11 Å². The Bertz CT molecular complexity index is 281. The van der Waals surface area contributed by atoms with Crippen LogP contribution in [0.3, 0.4) is 0 Å². The summed E-state index contributed by atoms with van der Waals surface area (Å²) in [5, 5.41) is 14.7. The van der Waals surface area contributed by atoms with E-state index in [0.717, 1.165) is 19.3 Å². The SMILES string of the molecule is CC1CCCC(O)(Cc2ccsc2)C1. The van der Waals surface area contributed by atoms with E-state index in [-0.39, 0.29) is 0 Å². The molecule has 1 fully saturated rings. The Labute approximate surface area is 89.8 Å². The van der Waals surface area contributed by atoms with E-state index in [1.165, 1.54) is 18.4 Å². The lowest BCUT2D eigenvalue weighted by Gasteiger charge is -2.35. The Hall–Kier alpha value is -0.340. The third-order valence-electron chi connectivity index (χ3n) is 3.18. The van der Waals surface area contributed by atoms with Gasteiger partial charge in [0.1, 0.15) is 0 Å². The van der Waals surface area contributed by atoms with Gasteiger partial charge in [-0.2, -0.15) is 11.3 Å². The number of rotatable bonds is 2. The molecular formula is C12H18OS. The number of aliphatic hydroxyl groups is 1. The molecule has 0 bridgehead atoms. The number of hydrogen-bond donors (Lipinski definition) is 1. The molecule has 78 valence electrons. The van der Waals surface area contributed by atoms with Crippen molar-refractivity contribution in [3.05, 3.63) is 22.4 Å². The summed E-state index contributed by atoms with van der Waals surface area (Å²) in [5.41, 5.74) is 0.880. The molecule has 0 saturated heterocycles. The summed E-state index contributed by atoms with van der Waals surface area (Å²) < 4.78 is 0. The summed E-state index contributed by atoms with van der Waals surface area (Å²) in [7, 11) is 0. The van der Waals surface area contributed by atoms with Gasteiger partial charge in [0.15, 0.2) is 0 Å². The Morgan fingerprint density at radius 3 is 3.14 bits per heavy atom. The van der Waals surface area contributed by atoms with Crippen molar-refractivity contribution in [3.8, 4) is 0 Å². The third-order valence-corrected chi connectivity index (χ3v) is 3.91. The van der Waals surface area contributed by atoms with Crippen molar-refractivity contribution in [1.29, 1.82) is 0 Å². The van der Waals surface area contributed by atoms with Crippen molar-refractivity contribution in [2.24, 2.45) is 5.92 Å². The molecule has 2 unspecified atom stereocenters. The molecule has 2 atom stereocenters. The van der Waals surface area contributed by atoms with E-state index in [2.05, 4.69) is 23.8 Å². The fraction of sp³-hybridized carbons (Fsp3) is 0.667. The average Bonchev–Trinajstić information content (AvgIpc) is 2.55. The van der Waals surface area contributed by atoms with Crippen LogP contribution in [0.25, 0.3) is 0 Å². The maximum absolute atomic E-state index is 10.4. The Morgan fingerprint density at radius 2 is 2.50 bits per heavy atom. The van der Waals surface area contributed by atoms with Gasteiger partial charge in [-0.05, 0) is 41.1 Å². The lowest BCUT2D eigenvalue weighted by molar-refractivity contribution is -0.0123. The maximum atomic E-state index is 10.4. The van der Waals surface area contributed by atoms with Crippen LogP contribution >= 0.6 is 11.3 Å². The van der Waals surface area contributed by atoms with Gasteiger partial charge in [-0.25, -0.2) is 0 Å². The van der Waals surface area contributed by atoms with E-state index >= 15 is 0 Å². The Morgan fingerprint density at radius 1 is 1.64 bits per heavy atom. The van der Waals surface area contributed by atoms with Gasteiger partial charge in [-0.3, -0.25) is 0 Å². The highest BCUT2D eigenvalue weighted by atomic mass is 32.1. The van der Waals surface area contributed by atoms with E-state index < -0.39 is 5.60 Å². The van der Waals surface area contributed by atoms with Gasteiger partial charge in [-0.1, -0.05) is 19.8 Å². The molecule has 14 heavy (non-hydrogen) atoms. The van der Waals surface area contributed by atoms with E-state index in [4.69, 9.17) is 0 Å². The summed E-state index contributed by atoms with van der Waals surface area (Å²) >= 11 is 1.72. The number of thiophene rings is 1. The second kappa shape index (κ2) is 4.03. The van der Waals surface area contributed by atoms with Crippen molar-refractivity contribution in [2.45, 2.75) is 44.6 Å². The van der Waals surface area contributed by atoms with Crippen LogP contribution in [0.15, 0.2) is 16.8 Å². The van der Waals surface area contributed by atoms with Crippen molar-refractivity contribution in [2.75, 3.05) is 0 Å². The van der Waals surface area contributed by atoms with Crippen LogP contribution in [-0.4, -0.2) is 10.7 Å². The summed E-state index contributed by atoms with van der Waals surface area (Å²) in [5.74, 6) is 0.687. The van der Waals surface area contributed by atoms with Crippen molar-refractivity contribution >= 4 is 11.3 Å². The lowest BCUT2D eigenvalue weighted by Crippen LogP contribution is -2.36. The summed E-state index contributed by atoms with van der Waals surface area (Å²) in [6.45, 7) is 2.25. The molecule has 1 aliphatic carbocycles. The molecule has 1 nitrogen and oxygen atoms in total. The standard InChI is InChI=1S/C12H18OS/c1-10-3-2-5-12(13,7-10)8-11-4-6-14-9-11/h4,6,9-10,13H,2-3,5,7-8H2,1H3. The molecular weight excluding hydrogens is 192 g/mol. The van der Waals surface area contributed by atoms with Crippen LogP contribution in [0.4, 0.5) is 0 Å². The highest BCUT2D eigenvalue weighted by molar-refractivity contribution is 7.07. The molecule has 1 saturated carbocycles. The van der Waals surface area contributed by atoms with E-state index in [0.29, 0.717) is 5.92 Å². The zero-order valence-corrected chi connectivity index (χ0v) is 9.52. The highest BCUT2D eigenvalue weighted by Gasteiger charge is 2.32. The minimum atomic E-state index is -0.418. The molecule has 1 heterocycles. The van der Waals surface area contributed by atoms with Gasteiger partial charge in [0.2, 0.25) is 0 Å². The van der Waals surface area contributed by atoms with Crippen LogP contribution in [0.2, 0.25) is 0 Å². The molecule has 0 radical (unpaired) electrons. The molecule has 1 aliphatic rings. The Kier molecular flexibility index (Phi) is 2.93. The van der Waals surface area contributed by atoms with Crippen molar-refractivity contribution in [3.63, 3.8) is 0 Å². The molecule has 2 rings (SSSR count). The minimum absolute atomic E-state index is 0.418. The smallest absolute Gasteiger partial charge is 0.0690 e. The van der Waals surface area contributed by atoms with E-state index in [1.54, 1.807) is 11.3 Å². The molecule has 0 aromatic carbocycles. The monoisotopic (exact) mass is 210 g/mol. The van der Waals surface area contributed by atoms with Crippen LogP contribution in [0.5, 0.6) is 0 Å². The summed E-state index contributed by atoms with van der Waals surface area (Å²) in [6.07, 6.45) is 5.27. The predicted octanol–water partition coefficient (Wildman–Crippen LogP) is 3.23. The molecule has 0 aliphatic heterocycles. The first kappa shape index (κ1) is 10.2. The summed E-state index contributed by atoms with van der Waals surface area (Å²) in [4.78, 5) is 0. The average molecular weight is 210 g/mol. The largest absolute Gasteiger partial charge is 0.390 e. The first-order valence-electron chi connectivity index (χ1n) is 5.41. The molecule has 2 heteroatoms. The zero-order chi connectivity index (χ0) is 10.0. The van der Waals surface area contributed by atoms with Gasteiger partial charge in [0.25, 0.3) is 0 Å². The van der Waals surface area contributed by atoms with Crippen LogP contribution in [0.1, 0.15) is 38.2 Å². The quantitative estimate of drug-likeness (QED) is 0.794. The minimum Gasteiger partial charge on any atom is -0.390 e. The van der Waals surface area contributed by atoms with Gasteiger partial charge in [-0.15, -0.1) is 0 Å². The molecule has 1 aromatic heterocycles. The van der Waals surface area contributed by atoms with Crippen LogP contribution in [-0.2, 0) is 6.42 Å². The Balaban J connectivity index is 2.01. The van der Waals surface area contributed by atoms with Gasteiger partial charge in [0, 0.05) is 6.42 Å². The highest BCUT2D eigenvalue weighted by Crippen LogP contribution is 2.34. The third kappa shape index (κ3) is 2.37. The maximum Gasteiger partial charge on any atom is 0.0690 e. The van der Waals surface area contributed by atoms with Crippen LogP contribution in [0, 0.1) is 5.92 Å².